The van der Waals surface area contributed by atoms with Gasteiger partial charge in [0.25, 0.3) is 0 Å². The van der Waals surface area contributed by atoms with Crippen molar-refractivity contribution in [2.24, 2.45) is 5.92 Å². The van der Waals surface area contributed by atoms with Gasteiger partial charge in [-0.05, 0) is 42.7 Å². The lowest BCUT2D eigenvalue weighted by Gasteiger charge is -2.16. The zero-order chi connectivity index (χ0) is 18.8. The molecule has 0 spiro atoms. The molecule has 2 aromatic rings. The zero-order valence-electron chi connectivity index (χ0n) is 14.0. The minimum absolute atomic E-state index is 0.224. The van der Waals surface area contributed by atoms with Crippen LogP contribution in [0.3, 0.4) is 0 Å². The maximum atomic E-state index is 12.6. The Bertz CT molecular complexity index is 707. The standard InChI is InChI=1S/C19H19Cl2NO4/c20-13-25-19(24)22-11-10-15(12-14-4-2-1-3-5-14)18(23)26-17-8-6-16(21)7-9-17/h1-9,15H,10-13H2,(H,22,24). The molecule has 0 aliphatic rings. The van der Waals surface area contributed by atoms with Crippen molar-refractivity contribution in [1.29, 1.82) is 0 Å². The van der Waals surface area contributed by atoms with Gasteiger partial charge < -0.3 is 14.8 Å². The van der Waals surface area contributed by atoms with Crippen LogP contribution in [0.2, 0.25) is 5.02 Å². The van der Waals surface area contributed by atoms with Crippen LogP contribution in [0.5, 0.6) is 5.75 Å². The Morgan fingerprint density at radius 2 is 1.73 bits per heavy atom. The molecule has 0 aromatic heterocycles. The Kier molecular flexibility index (Phi) is 8.25. The fourth-order valence-corrected chi connectivity index (χ4v) is 2.58. The number of ether oxygens (including phenoxy) is 2. The summed E-state index contributed by atoms with van der Waals surface area (Å²) in [5.41, 5.74) is 1.01. The highest BCUT2D eigenvalue weighted by molar-refractivity contribution is 6.30. The number of carbonyl (C=O) groups excluding carboxylic acids is 2. The van der Waals surface area contributed by atoms with E-state index in [2.05, 4.69) is 10.1 Å². The minimum atomic E-state index is -0.621. The molecule has 0 aliphatic heterocycles. The fraction of sp³-hybridized carbons (Fsp3) is 0.263. The third kappa shape index (κ3) is 6.94. The lowest BCUT2D eigenvalue weighted by atomic mass is 9.96. The second kappa shape index (κ2) is 10.7. The van der Waals surface area contributed by atoms with E-state index in [1.807, 2.05) is 30.3 Å². The molecule has 1 atom stereocenters. The number of amides is 1. The first-order valence-electron chi connectivity index (χ1n) is 8.06. The first-order chi connectivity index (χ1) is 12.6. The van der Waals surface area contributed by atoms with Crippen molar-refractivity contribution >= 4 is 35.3 Å². The molecule has 0 bridgehead atoms. The molecule has 0 aliphatic carbocycles. The first-order valence-corrected chi connectivity index (χ1v) is 8.97. The summed E-state index contributed by atoms with van der Waals surface area (Å²) in [5.74, 6) is -0.375. The van der Waals surface area contributed by atoms with E-state index in [9.17, 15) is 9.59 Å². The Morgan fingerprint density at radius 1 is 1.04 bits per heavy atom. The van der Waals surface area contributed by atoms with Gasteiger partial charge in [-0.25, -0.2) is 4.79 Å². The zero-order valence-corrected chi connectivity index (χ0v) is 15.5. The van der Waals surface area contributed by atoms with Crippen LogP contribution in [-0.4, -0.2) is 24.7 Å². The van der Waals surface area contributed by atoms with Gasteiger partial charge in [0.2, 0.25) is 0 Å². The molecule has 2 aromatic carbocycles. The largest absolute Gasteiger partial charge is 0.433 e. The first kappa shape index (κ1) is 20.1. The van der Waals surface area contributed by atoms with Gasteiger partial charge in [0.05, 0.1) is 5.92 Å². The fourth-order valence-electron chi connectivity index (χ4n) is 2.35. The molecule has 1 N–H and O–H groups in total. The number of halogens is 2. The molecule has 0 heterocycles. The van der Waals surface area contributed by atoms with E-state index < -0.39 is 12.0 Å². The van der Waals surface area contributed by atoms with Gasteiger partial charge in [-0.2, -0.15) is 0 Å². The third-order valence-electron chi connectivity index (χ3n) is 3.64. The van der Waals surface area contributed by atoms with E-state index in [0.717, 1.165) is 5.56 Å². The number of hydrogen-bond donors (Lipinski definition) is 1. The molecule has 5 nitrogen and oxygen atoms in total. The molecule has 1 amide bonds. The van der Waals surface area contributed by atoms with Crippen LogP contribution >= 0.6 is 23.2 Å². The average Bonchev–Trinajstić information content (AvgIpc) is 2.64. The van der Waals surface area contributed by atoms with Crippen molar-refractivity contribution in [2.45, 2.75) is 12.8 Å². The number of benzene rings is 2. The van der Waals surface area contributed by atoms with Gasteiger partial charge in [-0.1, -0.05) is 53.5 Å². The minimum Gasteiger partial charge on any atom is -0.433 e. The van der Waals surface area contributed by atoms with Gasteiger partial charge in [0.15, 0.2) is 6.07 Å². The summed E-state index contributed by atoms with van der Waals surface area (Å²) < 4.78 is 10.0. The Balaban J connectivity index is 1.99. The van der Waals surface area contributed by atoms with Gasteiger partial charge >= 0.3 is 12.1 Å². The molecular weight excluding hydrogens is 377 g/mol. The number of hydrogen-bond acceptors (Lipinski definition) is 4. The lowest BCUT2D eigenvalue weighted by molar-refractivity contribution is -0.139. The monoisotopic (exact) mass is 395 g/mol. The van der Waals surface area contributed by atoms with Crippen molar-refractivity contribution in [3.05, 3.63) is 65.2 Å². The summed E-state index contributed by atoms with van der Waals surface area (Å²) >= 11 is 11.2. The number of nitrogens with one attached hydrogen (secondary N) is 1. The normalized spacial score (nSPS) is 11.5. The Morgan fingerprint density at radius 3 is 2.38 bits per heavy atom. The van der Waals surface area contributed by atoms with E-state index in [1.54, 1.807) is 24.3 Å². The summed E-state index contributed by atoms with van der Waals surface area (Å²) in [7, 11) is 0. The smallest absolute Gasteiger partial charge is 0.408 e. The molecule has 0 saturated heterocycles. The van der Waals surface area contributed by atoms with Crippen LogP contribution in [0.4, 0.5) is 4.79 Å². The maximum Gasteiger partial charge on any atom is 0.408 e. The quantitative estimate of drug-likeness (QED) is 0.408. The van der Waals surface area contributed by atoms with E-state index in [-0.39, 0.29) is 18.6 Å². The van der Waals surface area contributed by atoms with Crippen molar-refractivity contribution in [1.82, 2.24) is 5.32 Å². The highest BCUT2D eigenvalue weighted by Crippen LogP contribution is 2.19. The lowest BCUT2D eigenvalue weighted by Crippen LogP contribution is -2.30. The van der Waals surface area contributed by atoms with Crippen molar-refractivity contribution in [3.8, 4) is 5.75 Å². The molecule has 1 unspecified atom stereocenters. The number of rotatable bonds is 8. The summed E-state index contributed by atoms with van der Waals surface area (Å²) in [6.07, 6.45) is 0.280. The van der Waals surface area contributed by atoms with E-state index in [1.165, 1.54) is 0 Å². The number of alkyl carbamates (subject to hydrolysis) is 1. The van der Waals surface area contributed by atoms with Crippen LogP contribution in [0, 0.1) is 5.92 Å². The van der Waals surface area contributed by atoms with Crippen LogP contribution in [0.25, 0.3) is 0 Å². The van der Waals surface area contributed by atoms with E-state index in [4.69, 9.17) is 27.9 Å². The predicted molar refractivity (Wildman–Crippen MR) is 101 cm³/mol. The van der Waals surface area contributed by atoms with Gasteiger partial charge in [0, 0.05) is 11.6 Å². The number of carbonyl (C=O) groups is 2. The third-order valence-corrected chi connectivity index (χ3v) is 4.00. The Hall–Kier alpha value is -2.24. The molecule has 0 radical (unpaired) electrons. The SMILES string of the molecule is O=C(NCCC(Cc1ccccc1)C(=O)Oc1ccc(Cl)cc1)OCCl. The van der Waals surface area contributed by atoms with Crippen LogP contribution in [-0.2, 0) is 16.0 Å². The molecule has 0 saturated carbocycles. The number of esters is 1. The summed E-state index contributed by atoms with van der Waals surface area (Å²) in [4.78, 5) is 23.9. The van der Waals surface area contributed by atoms with Crippen molar-refractivity contribution in [2.75, 3.05) is 12.6 Å². The van der Waals surface area contributed by atoms with Gasteiger partial charge in [-0.15, -0.1) is 0 Å². The van der Waals surface area contributed by atoms with Crippen LogP contribution in [0.1, 0.15) is 12.0 Å². The summed E-state index contributed by atoms with van der Waals surface area (Å²) in [5, 5.41) is 3.12. The van der Waals surface area contributed by atoms with Gasteiger partial charge in [0.1, 0.15) is 5.75 Å². The van der Waals surface area contributed by atoms with Gasteiger partial charge in [-0.3, -0.25) is 4.79 Å². The average molecular weight is 396 g/mol. The molecule has 7 heteroatoms. The highest BCUT2D eigenvalue weighted by atomic mass is 35.5. The van der Waals surface area contributed by atoms with Crippen LogP contribution < -0.4 is 10.1 Å². The molecule has 26 heavy (non-hydrogen) atoms. The Labute approximate surface area is 162 Å². The molecule has 0 fully saturated rings. The summed E-state index contributed by atoms with van der Waals surface area (Å²) in [6, 6.07) is 16.0. The highest BCUT2D eigenvalue weighted by Gasteiger charge is 2.21. The van der Waals surface area contributed by atoms with E-state index >= 15 is 0 Å². The maximum absolute atomic E-state index is 12.6. The van der Waals surface area contributed by atoms with E-state index in [0.29, 0.717) is 23.6 Å². The number of alkyl halides is 1. The molecule has 138 valence electrons. The molecular formula is C19H19Cl2NO4. The van der Waals surface area contributed by atoms with Crippen LogP contribution in [0.15, 0.2) is 54.6 Å². The summed E-state index contributed by atoms with van der Waals surface area (Å²) in [6.45, 7) is 0.267. The topological polar surface area (TPSA) is 64.6 Å². The predicted octanol–water partition coefficient (Wildman–Crippen LogP) is 4.42. The molecule has 2 rings (SSSR count). The second-order valence-electron chi connectivity index (χ2n) is 5.52. The van der Waals surface area contributed by atoms with Crippen molar-refractivity contribution < 1.29 is 19.1 Å². The second-order valence-corrected chi connectivity index (χ2v) is 6.17. The van der Waals surface area contributed by atoms with Crippen molar-refractivity contribution in [3.63, 3.8) is 0 Å².